The van der Waals surface area contributed by atoms with Gasteiger partial charge in [0, 0.05) is 19.5 Å². The monoisotopic (exact) mass is 423 g/mol. The van der Waals surface area contributed by atoms with E-state index in [0.717, 1.165) is 17.7 Å². The predicted molar refractivity (Wildman–Crippen MR) is 110 cm³/mol. The van der Waals surface area contributed by atoms with Crippen molar-refractivity contribution in [2.45, 2.75) is 46.3 Å². The summed E-state index contributed by atoms with van der Waals surface area (Å²) in [5.41, 5.74) is 6.66. The maximum Gasteiger partial charge on any atom is 0.416 e. The number of rotatable bonds is 3. The second-order valence-electron chi connectivity index (χ2n) is 8.80. The van der Waals surface area contributed by atoms with Crippen molar-refractivity contribution in [2.75, 3.05) is 22.5 Å². The number of benzene rings is 2. The zero-order valence-electron chi connectivity index (χ0n) is 17.2. The topological polar surface area (TPSA) is 58.4 Å². The summed E-state index contributed by atoms with van der Waals surface area (Å²) < 4.78 is 53.7. The number of anilines is 3. The van der Waals surface area contributed by atoms with Crippen LogP contribution in [-0.4, -0.2) is 12.5 Å². The second-order valence-corrected chi connectivity index (χ2v) is 8.80. The summed E-state index contributed by atoms with van der Waals surface area (Å²) in [6.45, 7) is 6.41. The first kappa shape index (κ1) is 21.9. The average molecular weight is 423 g/mol. The molecule has 30 heavy (non-hydrogen) atoms. The van der Waals surface area contributed by atoms with Crippen LogP contribution in [0.5, 0.6) is 0 Å². The molecule has 162 valence electrons. The summed E-state index contributed by atoms with van der Waals surface area (Å²) in [6.07, 6.45) is -3.76. The zero-order chi connectivity index (χ0) is 22.3. The molecule has 0 spiro atoms. The number of nitrogens with zero attached hydrogens (tertiary/aromatic N) is 1. The molecule has 1 aliphatic rings. The van der Waals surface area contributed by atoms with E-state index in [4.69, 9.17) is 5.73 Å². The van der Waals surface area contributed by atoms with Gasteiger partial charge in [0.2, 0.25) is 5.91 Å². The zero-order valence-corrected chi connectivity index (χ0v) is 17.2. The average Bonchev–Trinajstić information content (AvgIpc) is 2.62. The van der Waals surface area contributed by atoms with Crippen LogP contribution < -0.4 is 16.0 Å². The van der Waals surface area contributed by atoms with Crippen LogP contribution in [0.1, 0.15) is 43.9 Å². The van der Waals surface area contributed by atoms with Crippen LogP contribution in [0.4, 0.5) is 34.6 Å². The van der Waals surface area contributed by atoms with E-state index in [-0.39, 0.29) is 41.3 Å². The quantitative estimate of drug-likeness (QED) is 0.516. The Morgan fingerprint density at radius 1 is 1.13 bits per heavy atom. The number of halogens is 4. The molecule has 3 rings (SSSR count). The molecular formula is C22H25F4N3O. The smallest absolute Gasteiger partial charge is 0.395 e. The van der Waals surface area contributed by atoms with Crippen LogP contribution in [0.3, 0.4) is 0 Å². The Kier molecular flexibility index (Phi) is 5.71. The molecule has 0 bridgehead atoms. The van der Waals surface area contributed by atoms with Crippen molar-refractivity contribution in [3.8, 4) is 0 Å². The molecule has 1 aliphatic heterocycles. The number of nitrogens with one attached hydrogen (secondary N) is 1. The lowest BCUT2D eigenvalue weighted by Gasteiger charge is -2.32. The normalized spacial score (nSPS) is 14.4. The highest BCUT2D eigenvalue weighted by atomic mass is 19.4. The lowest BCUT2D eigenvalue weighted by Crippen LogP contribution is -2.31. The Hall–Kier alpha value is -2.77. The van der Waals surface area contributed by atoms with Gasteiger partial charge in [-0.3, -0.25) is 4.79 Å². The molecule has 0 saturated carbocycles. The summed E-state index contributed by atoms with van der Waals surface area (Å²) >= 11 is 0. The first-order chi connectivity index (χ1) is 13.8. The lowest BCUT2D eigenvalue weighted by molar-refractivity contribution is -0.137. The molecule has 0 unspecified atom stereocenters. The number of carbonyl (C=O) groups is 1. The Balaban J connectivity index is 1.79. The van der Waals surface area contributed by atoms with E-state index in [1.165, 1.54) is 12.1 Å². The van der Waals surface area contributed by atoms with Gasteiger partial charge >= 0.3 is 6.18 Å². The van der Waals surface area contributed by atoms with E-state index in [1.807, 2.05) is 20.8 Å². The van der Waals surface area contributed by atoms with Gasteiger partial charge in [0.15, 0.2) is 5.82 Å². The van der Waals surface area contributed by atoms with Gasteiger partial charge in [-0.05, 0) is 47.2 Å². The summed E-state index contributed by atoms with van der Waals surface area (Å²) in [6, 6.07) is 6.73. The van der Waals surface area contributed by atoms with Gasteiger partial charge in [0.1, 0.15) is 0 Å². The van der Waals surface area contributed by atoms with Gasteiger partial charge < -0.3 is 16.0 Å². The minimum absolute atomic E-state index is 0.159. The molecule has 0 radical (unpaired) electrons. The molecule has 0 saturated heterocycles. The van der Waals surface area contributed by atoms with E-state index < -0.39 is 17.6 Å². The number of hydrogen-bond acceptors (Lipinski definition) is 3. The van der Waals surface area contributed by atoms with Gasteiger partial charge in [-0.25, -0.2) is 4.39 Å². The third kappa shape index (κ3) is 4.86. The van der Waals surface area contributed by atoms with Crippen LogP contribution in [-0.2, 0) is 23.9 Å². The number of nitrogen functional groups attached to an aromatic ring is 1. The second kappa shape index (κ2) is 7.81. The molecular weight excluding hydrogens is 398 g/mol. The first-order valence-electron chi connectivity index (χ1n) is 9.67. The van der Waals surface area contributed by atoms with E-state index in [0.29, 0.717) is 18.5 Å². The molecule has 0 fully saturated rings. The summed E-state index contributed by atoms with van der Waals surface area (Å²) in [4.78, 5) is 13.9. The van der Waals surface area contributed by atoms with Crippen molar-refractivity contribution >= 4 is 23.0 Å². The maximum atomic E-state index is 15.0. The van der Waals surface area contributed by atoms with E-state index in [2.05, 4.69) is 5.32 Å². The Morgan fingerprint density at radius 3 is 2.47 bits per heavy atom. The van der Waals surface area contributed by atoms with Crippen molar-refractivity contribution in [3.05, 3.63) is 52.8 Å². The summed E-state index contributed by atoms with van der Waals surface area (Å²) in [7, 11) is 0. The highest BCUT2D eigenvalue weighted by molar-refractivity contribution is 5.94. The predicted octanol–water partition coefficient (Wildman–Crippen LogP) is 5.36. The molecule has 0 aliphatic carbocycles. The van der Waals surface area contributed by atoms with E-state index >= 15 is 0 Å². The van der Waals surface area contributed by atoms with Gasteiger partial charge in [0.05, 0.1) is 22.6 Å². The van der Waals surface area contributed by atoms with Crippen LogP contribution in [0.25, 0.3) is 0 Å². The minimum Gasteiger partial charge on any atom is -0.395 e. The van der Waals surface area contributed by atoms with Crippen molar-refractivity contribution < 1.29 is 22.4 Å². The van der Waals surface area contributed by atoms with E-state index in [9.17, 15) is 22.4 Å². The van der Waals surface area contributed by atoms with E-state index in [1.54, 1.807) is 11.0 Å². The fraction of sp³-hybridized carbons (Fsp3) is 0.409. The third-order valence-electron chi connectivity index (χ3n) is 5.01. The molecule has 2 aromatic rings. The Bertz CT molecular complexity index is 964. The number of carbonyl (C=O) groups excluding carboxylic acids is 1. The maximum absolute atomic E-state index is 15.0. The number of nitrogens with two attached hydrogens (primary N) is 1. The largest absolute Gasteiger partial charge is 0.416 e. The molecule has 1 heterocycles. The van der Waals surface area contributed by atoms with Crippen molar-refractivity contribution in [2.24, 2.45) is 5.41 Å². The molecule has 8 heteroatoms. The highest BCUT2D eigenvalue weighted by Gasteiger charge is 2.32. The fourth-order valence-corrected chi connectivity index (χ4v) is 3.55. The van der Waals surface area contributed by atoms with Crippen LogP contribution in [0, 0.1) is 11.2 Å². The highest BCUT2D eigenvalue weighted by Crippen LogP contribution is 2.36. The van der Waals surface area contributed by atoms with Gasteiger partial charge in [-0.2, -0.15) is 13.2 Å². The van der Waals surface area contributed by atoms with Crippen molar-refractivity contribution in [3.63, 3.8) is 0 Å². The Morgan fingerprint density at radius 2 is 1.83 bits per heavy atom. The molecule has 0 aromatic heterocycles. The minimum atomic E-state index is -4.39. The molecule has 4 nitrogen and oxygen atoms in total. The number of fused-ring (bicyclic) bond motifs is 1. The first-order valence-corrected chi connectivity index (χ1v) is 9.67. The molecule has 1 amide bonds. The van der Waals surface area contributed by atoms with Gasteiger partial charge in [-0.1, -0.05) is 26.8 Å². The fourth-order valence-electron chi connectivity index (χ4n) is 3.55. The summed E-state index contributed by atoms with van der Waals surface area (Å²) in [5.74, 6) is -0.910. The standard InChI is InChI=1S/C22H25F4N3O/c1-21(2,3)11-18(30)28-16-6-7-17(19(23)20(16)27)29-9-8-13-10-15(22(24,25)26)5-4-14(13)12-29/h4-7,10H,8-9,11-12,27H2,1-3H3,(H,28,30). The van der Waals surface area contributed by atoms with Gasteiger partial charge in [0.25, 0.3) is 0 Å². The van der Waals surface area contributed by atoms with Gasteiger partial charge in [-0.15, -0.1) is 0 Å². The van der Waals surface area contributed by atoms with Crippen molar-refractivity contribution in [1.29, 1.82) is 0 Å². The SMILES string of the molecule is CC(C)(C)CC(=O)Nc1ccc(N2CCc3cc(C(F)(F)F)ccc3C2)c(F)c1N. The van der Waals surface area contributed by atoms with Crippen LogP contribution >= 0.6 is 0 Å². The van der Waals surface area contributed by atoms with Crippen molar-refractivity contribution in [1.82, 2.24) is 0 Å². The Labute approximate surface area is 173 Å². The number of alkyl halides is 3. The molecule has 3 N–H and O–H groups in total. The number of amides is 1. The lowest BCUT2D eigenvalue weighted by atomic mass is 9.92. The van der Waals surface area contributed by atoms with Crippen LogP contribution in [0.15, 0.2) is 30.3 Å². The van der Waals surface area contributed by atoms with Crippen LogP contribution in [0.2, 0.25) is 0 Å². The molecule has 0 atom stereocenters. The molecule has 2 aromatic carbocycles. The number of hydrogen-bond donors (Lipinski definition) is 2. The summed E-state index contributed by atoms with van der Waals surface area (Å²) in [5, 5.41) is 2.64. The third-order valence-corrected chi connectivity index (χ3v) is 5.01.